The number of carboxylic acid groups (broad SMARTS) is 1. The Hall–Kier alpha value is -4.21. The number of nitrogens with one attached hydrogen (secondary N) is 1. The molecule has 1 aliphatic carbocycles. The van der Waals surface area contributed by atoms with Crippen LogP contribution in [0.25, 0.3) is 11.1 Å². The van der Waals surface area contributed by atoms with Crippen molar-refractivity contribution in [1.29, 1.82) is 0 Å². The number of hydrogen-bond donors (Lipinski definition) is 2. The maximum atomic E-state index is 13.8. The summed E-state index contributed by atoms with van der Waals surface area (Å²) in [5.41, 5.74) is 3.96. The summed E-state index contributed by atoms with van der Waals surface area (Å²) in [7, 11) is 3.30. The molecule has 1 fully saturated rings. The van der Waals surface area contributed by atoms with Gasteiger partial charge in [0.05, 0.1) is 6.61 Å². The molecule has 41 heavy (non-hydrogen) atoms. The monoisotopic (exact) mass is 557 g/mol. The number of carbonyl (C=O) groups excluding carboxylic acids is 2. The molecule has 1 saturated heterocycles. The van der Waals surface area contributed by atoms with Crippen molar-refractivity contribution in [2.75, 3.05) is 40.5 Å². The zero-order chi connectivity index (χ0) is 29.0. The molecule has 2 unspecified atom stereocenters. The van der Waals surface area contributed by atoms with E-state index in [2.05, 4.69) is 17.4 Å². The number of fused-ring (bicyclic) bond motifs is 3. The van der Waals surface area contributed by atoms with Crippen molar-refractivity contribution in [3.63, 3.8) is 0 Å². The minimum atomic E-state index is -1.49. The fourth-order valence-corrected chi connectivity index (χ4v) is 5.81. The first-order valence-corrected chi connectivity index (χ1v) is 13.7. The number of ether oxygens (including phenoxy) is 2. The van der Waals surface area contributed by atoms with Crippen molar-refractivity contribution >= 4 is 18.0 Å². The van der Waals surface area contributed by atoms with Crippen molar-refractivity contribution in [3.05, 3.63) is 95.6 Å². The van der Waals surface area contributed by atoms with E-state index in [0.29, 0.717) is 6.54 Å². The van der Waals surface area contributed by atoms with Gasteiger partial charge in [0, 0.05) is 39.1 Å². The SMILES string of the molecule is CN(Cc1ccccc1)CC(NC(=O)OCC1c2ccccc2-c2ccccc21)C(=O)N(C)C1(C(=O)O)CCOC1. The average Bonchev–Trinajstić information content (AvgIpc) is 3.60. The van der Waals surface area contributed by atoms with Crippen LogP contribution in [-0.2, 0) is 25.6 Å². The molecule has 9 nitrogen and oxygen atoms in total. The van der Waals surface area contributed by atoms with Gasteiger partial charge in [0.15, 0.2) is 5.54 Å². The third-order valence-electron chi connectivity index (χ3n) is 8.09. The first-order chi connectivity index (χ1) is 19.8. The fourth-order valence-electron chi connectivity index (χ4n) is 5.81. The van der Waals surface area contributed by atoms with Crippen molar-refractivity contribution in [2.24, 2.45) is 0 Å². The third kappa shape index (κ3) is 5.82. The second-order valence-corrected chi connectivity index (χ2v) is 10.7. The van der Waals surface area contributed by atoms with E-state index in [9.17, 15) is 19.5 Å². The van der Waals surface area contributed by atoms with Crippen LogP contribution in [0.3, 0.4) is 0 Å². The van der Waals surface area contributed by atoms with Gasteiger partial charge in [0.25, 0.3) is 0 Å². The van der Waals surface area contributed by atoms with E-state index in [1.807, 2.05) is 78.7 Å². The van der Waals surface area contributed by atoms with Crippen LogP contribution in [0.4, 0.5) is 4.79 Å². The third-order valence-corrected chi connectivity index (χ3v) is 8.09. The van der Waals surface area contributed by atoms with Crippen molar-refractivity contribution in [3.8, 4) is 11.1 Å². The van der Waals surface area contributed by atoms with Crippen molar-refractivity contribution in [1.82, 2.24) is 15.1 Å². The molecule has 0 radical (unpaired) electrons. The summed E-state index contributed by atoms with van der Waals surface area (Å²) in [6, 6.07) is 24.8. The van der Waals surface area contributed by atoms with E-state index in [4.69, 9.17) is 9.47 Å². The summed E-state index contributed by atoms with van der Waals surface area (Å²) in [6.45, 7) is 0.917. The number of carbonyl (C=O) groups is 3. The molecule has 0 spiro atoms. The van der Waals surface area contributed by atoms with Crippen LogP contribution in [0.15, 0.2) is 78.9 Å². The Bertz CT molecular complexity index is 1360. The van der Waals surface area contributed by atoms with Crippen LogP contribution in [0.1, 0.15) is 29.0 Å². The number of carboxylic acids is 1. The predicted octanol–water partition coefficient (Wildman–Crippen LogP) is 3.73. The number of likely N-dealkylation sites (N-methyl/N-ethyl adjacent to an activating group) is 2. The molecule has 0 bridgehead atoms. The standard InChI is InChI=1S/C32H35N3O6/c1-34(18-22-10-4-3-5-11-22)19-28(29(36)35(2)32(30(37)38)16-17-40-21-32)33-31(39)41-20-27-25-14-8-6-12-23(25)24-13-7-9-15-26(24)27/h3-15,27-28H,16-21H2,1-2H3,(H,33,39)(H,37,38). The summed E-state index contributed by atoms with van der Waals surface area (Å²) in [5, 5.41) is 12.7. The Morgan fingerprint density at radius 3 is 2.17 bits per heavy atom. The highest BCUT2D eigenvalue weighted by atomic mass is 16.5. The smallest absolute Gasteiger partial charge is 0.407 e. The average molecular weight is 558 g/mol. The molecule has 2 atom stereocenters. The molecule has 2 aliphatic rings. The molecular formula is C32H35N3O6. The van der Waals surface area contributed by atoms with Crippen molar-refractivity contribution < 1.29 is 29.0 Å². The zero-order valence-electron chi connectivity index (χ0n) is 23.3. The molecule has 1 aliphatic heterocycles. The molecular weight excluding hydrogens is 522 g/mol. The number of rotatable bonds is 10. The molecule has 1 heterocycles. The molecule has 0 saturated carbocycles. The Balaban J connectivity index is 1.31. The van der Waals surface area contributed by atoms with Crippen LogP contribution in [0, 0.1) is 0 Å². The van der Waals surface area contributed by atoms with Gasteiger partial charge in [-0.05, 0) is 34.9 Å². The van der Waals surface area contributed by atoms with E-state index in [1.165, 1.54) is 11.9 Å². The van der Waals surface area contributed by atoms with Gasteiger partial charge >= 0.3 is 12.1 Å². The van der Waals surface area contributed by atoms with Gasteiger partial charge in [-0.15, -0.1) is 0 Å². The molecule has 2 N–H and O–H groups in total. The van der Waals surface area contributed by atoms with Gasteiger partial charge in [-0.2, -0.15) is 0 Å². The van der Waals surface area contributed by atoms with Gasteiger partial charge in [0.1, 0.15) is 12.6 Å². The van der Waals surface area contributed by atoms with Gasteiger partial charge in [0.2, 0.25) is 5.91 Å². The first-order valence-electron chi connectivity index (χ1n) is 13.7. The molecule has 214 valence electrons. The highest BCUT2D eigenvalue weighted by Gasteiger charge is 2.49. The summed E-state index contributed by atoms with van der Waals surface area (Å²) in [6.07, 6.45) is -0.569. The highest BCUT2D eigenvalue weighted by Crippen LogP contribution is 2.44. The lowest BCUT2D eigenvalue weighted by Crippen LogP contribution is -2.62. The van der Waals surface area contributed by atoms with E-state index in [1.54, 1.807) is 0 Å². The fraction of sp³-hybridized carbons (Fsp3) is 0.344. The Kier molecular flexibility index (Phi) is 8.37. The zero-order valence-corrected chi connectivity index (χ0v) is 23.3. The lowest BCUT2D eigenvalue weighted by atomic mass is 9.96. The van der Waals surface area contributed by atoms with Gasteiger partial charge in [-0.1, -0.05) is 78.9 Å². The van der Waals surface area contributed by atoms with Crippen LogP contribution in [0.2, 0.25) is 0 Å². The van der Waals surface area contributed by atoms with E-state index < -0.39 is 29.6 Å². The number of hydrogen-bond acceptors (Lipinski definition) is 6. The van der Waals surface area contributed by atoms with E-state index in [0.717, 1.165) is 27.8 Å². The molecule has 2 amide bonds. The van der Waals surface area contributed by atoms with Gasteiger partial charge < -0.3 is 24.8 Å². The lowest BCUT2D eigenvalue weighted by molar-refractivity contribution is -0.158. The number of aliphatic carboxylic acids is 1. The molecule has 3 aromatic rings. The quantitative estimate of drug-likeness (QED) is 0.391. The van der Waals surface area contributed by atoms with Crippen LogP contribution >= 0.6 is 0 Å². The van der Waals surface area contributed by atoms with Gasteiger partial charge in [-0.3, -0.25) is 9.69 Å². The van der Waals surface area contributed by atoms with E-state index >= 15 is 0 Å². The van der Waals surface area contributed by atoms with Crippen LogP contribution in [0.5, 0.6) is 0 Å². The first kappa shape index (κ1) is 28.3. The predicted molar refractivity (Wildman–Crippen MR) is 153 cm³/mol. The maximum absolute atomic E-state index is 13.8. The second-order valence-electron chi connectivity index (χ2n) is 10.7. The number of alkyl carbamates (subject to hydrolysis) is 1. The minimum absolute atomic E-state index is 0.101. The summed E-state index contributed by atoms with van der Waals surface area (Å²) < 4.78 is 11.1. The van der Waals surface area contributed by atoms with Gasteiger partial charge in [-0.25, -0.2) is 9.59 Å². The Labute approximate surface area is 239 Å². The number of benzene rings is 3. The number of nitrogens with zero attached hydrogens (tertiary/aromatic N) is 2. The Morgan fingerprint density at radius 1 is 0.976 bits per heavy atom. The minimum Gasteiger partial charge on any atom is -0.479 e. The Morgan fingerprint density at radius 2 is 1.59 bits per heavy atom. The van der Waals surface area contributed by atoms with Crippen LogP contribution < -0.4 is 5.32 Å². The molecule has 0 aromatic heterocycles. The van der Waals surface area contributed by atoms with Crippen LogP contribution in [-0.4, -0.2) is 84.9 Å². The number of amides is 2. The normalized spacial score (nSPS) is 18.4. The highest BCUT2D eigenvalue weighted by molar-refractivity contribution is 5.91. The largest absolute Gasteiger partial charge is 0.479 e. The topological polar surface area (TPSA) is 108 Å². The summed E-state index contributed by atoms with van der Waals surface area (Å²) >= 11 is 0. The molecule has 3 aromatic carbocycles. The molecule has 5 rings (SSSR count). The second kappa shape index (κ2) is 12.1. The lowest BCUT2D eigenvalue weighted by Gasteiger charge is -2.36. The van der Waals surface area contributed by atoms with Crippen molar-refractivity contribution in [2.45, 2.75) is 30.5 Å². The summed E-state index contributed by atoms with van der Waals surface area (Å²) in [4.78, 5) is 42.3. The van der Waals surface area contributed by atoms with E-state index in [-0.39, 0.29) is 38.7 Å². The maximum Gasteiger partial charge on any atom is 0.407 e. The summed E-state index contributed by atoms with van der Waals surface area (Å²) in [5.74, 6) is -1.79. The molecule has 9 heteroatoms.